The van der Waals surface area contributed by atoms with Crippen LogP contribution >= 0.6 is 0 Å². The van der Waals surface area contributed by atoms with Crippen molar-refractivity contribution in [2.75, 3.05) is 26.7 Å². The molecule has 1 amide bonds. The molecule has 0 spiro atoms. The molecule has 1 unspecified atom stereocenters. The van der Waals surface area contributed by atoms with Gasteiger partial charge in [0, 0.05) is 25.0 Å². The van der Waals surface area contributed by atoms with Gasteiger partial charge in [-0.2, -0.15) is 0 Å². The summed E-state index contributed by atoms with van der Waals surface area (Å²) in [7, 11) is 2.09. The van der Waals surface area contributed by atoms with Crippen molar-refractivity contribution in [3.63, 3.8) is 0 Å². The van der Waals surface area contributed by atoms with Crippen LogP contribution in [0.2, 0.25) is 0 Å². The summed E-state index contributed by atoms with van der Waals surface area (Å²) in [5.41, 5.74) is 5.40. The predicted molar refractivity (Wildman–Crippen MR) is 63.6 cm³/mol. The summed E-state index contributed by atoms with van der Waals surface area (Å²) in [6.45, 7) is 8.33. The predicted octanol–water partition coefficient (Wildman–Crippen LogP) is 0.428. The lowest BCUT2D eigenvalue weighted by Crippen LogP contribution is -2.35. The van der Waals surface area contributed by atoms with Crippen LogP contribution in [0.25, 0.3) is 0 Å². The van der Waals surface area contributed by atoms with Gasteiger partial charge in [0.1, 0.15) is 0 Å². The van der Waals surface area contributed by atoms with Crippen molar-refractivity contribution in [2.24, 2.45) is 11.7 Å². The third-order valence-electron chi connectivity index (χ3n) is 2.67. The monoisotopic (exact) mass is 215 g/mol. The Morgan fingerprint density at radius 2 is 2.00 bits per heavy atom. The van der Waals surface area contributed by atoms with E-state index < -0.39 is 0 Å². The van der Waals surface area contributed by atoms with E-state index in [1.165, 1.54) is 0 Å². The Morgan fingerprint density at radius 1 is 1.40 bits per heavy atom. The fourth-order valence-electron chi connectivity index (χ4n) is 1.08. The van der Waals surface area contributed by atoms with Crippen LogP contribution in [0.3, 0.4) is 0 Å². The molecule has 3 N–H and O–H groups in total. The first-order chi connectivity index (χ1) is 6.99. The Hall–Kier alpha value is -0.610. The van der Waals surface area contributed by atoms with E-state index in [0.717, 1.165) is 19.5 Å². The first-order valence-electron chi connectivity index (χ1n) is 5.67. The zero-order valence-electron chi connectivity index (χ0n) is 10.4. The summed E-state index contributed by atoms with van der Waals surface area (Å²) in [5, 5.41) is 2.88. The minimum atomic E-state index is -0.0761. The number of hydrogen-bond acceptors (Lipinski definition) is 3. The van der Waals surface area contributed by atoms with E-state index in [1.54, 1.807) is 0 Å². The van der Waals surface area contributed by atoms with Gasteiger partial charge in [-0.3, -0.25) is 4.79 Å². The third kappa shape index (κ3) is 6.47. The van der Waals surface area contributed by atoms with E-state index in [0.29, 0.717) is 12.6 Å². The molecule has 0 aliphatic heterocycles. The van der Waals surface area contributed by atoms with Crippen LogP contribution in [0.4, 0.5) is 0 Å². The van der Waals surface area contributed by atoms with Gasteiger partial charge in [-0.15, -0.1) is 0 Å². The van der Waals surface area contributed by atoms with E-state index in [-0.39, 0.29) is 11.8 Å². The number of amides is 1. The van der Waals surface area contributed by atoms with Crippen LogP contribution in [0, 0.1) is 5.92 Å². The lowest BCUT2D eigenvalue weighted by atomic mass is 10.1. The number of nitrogens with zero attached hydrogens (tertiary/aromatic N) is 1. The molecule has 0 radical (unpaired) electrons. The SMILES string of the molecule is CC(CN)C(=O)NCCCN(C)C(C)C. The second-order valence-corrected chi connectivity index (χ2v) is 4.36. The summed E-state index contributed by atoms with van der Waals surface area (Å²) in [6.07, 6.45) is 0.984. The van der Waals surface area contributed by atoms with Crippen LogP contribution in [0.1, 0.15) is 27.2 Å². The van der Waals surface area contributed by atoms with Crippen molar-refractivity contribution in [1.82, 2.24) is 10.2 Å². The number of hydrogen-bond donors (Lipinski definition) is 2. The number of nitrogens with two attached hydrogens (primary N) is 1. The summed E-state index contributed by atoms with van der Waals surface area (Å²) >= 11 is 0. The molecule has 1 atom stereocenters. The summed E-state index contributed by atoms with van der Waals surface area (Å²) in [4.78, 5) is 13.6. The van der Waals surface area contributed by atoms with Gasteiger partial charge in [0.15, 0.2) is 0 Å². The zero-order chi connectivity index (χ0) is 11.8. The van der Waals surface area contributed by atoms with Gasteiger partial charge in [0.2, 0.25) is 5.91 Å². The normalized spacial score (nSPS) is 13.3. The van der Waals surface area contributed by atoms with Crippen LogP contribution in [-0.2, 0) is 4.79 Å². The Bertz CT molecular complexity index is 183. The first kappa shape index (κ1) is 14.4. The van der Waals surface area contributed by atoms with Gasteiger partial charge < -0.3 is 16.0 Å². The quantitative estimate of drug-likeness (QED) is 0.605. The van der Waals surface area contributed by atoms with E-state index in [1.807, 2.05) is 6.92 Å². The van der Waals surface area contributed by atoms with Crippen molar-refractivity contribution in [3.05, 3.63) is 0 Å². The minimum absolute atomic E-state index is 0.0599. The van der Waals surface area contributed by atoms with Gasteiger partial charge in [-0.1, -0.05) is 6.92 Å². The van der Waals surface area contributed by atoms with Gasteiger partial charge in [-0.25, -0.2) is 0 Å². The van der Waals surface area contributed by atoms with Crippen molar-refractivity contribution in [1.29, 1.82) is 0 Å². The molecule has 0 saturated carbocycles. The lowest BCUT2D eigenvalue weighted by molar-refractivity contribution is -0.124. The molecule has 0 heterocycles. The molecule has 0 aromatic heterocycles. The average Bonchev–Trinajstić information content (AvgIpc) is 2.22. The number of carbonyl (C=O) groups is 1. The van der Waals surface area contributed by atoms with Crippen LogP contribution < -0.4 is 11.1 Å². The molecule has 15 heavy (non-hydrogen) atoms. The maximum Gasteiger partial charge on any atom is 0.224 e. The van der Waals surface area contributed by atoms with Crippen LogP contribution in [0.5, 0.6) is 0 Å². The molecule has 0 fully saturated rings. The highest BCUT2D eigenvalue weighted by Gasteiger charge is 2.09. The summed E-state index contributed by atoms with van der Waals surface area (Å²) in [6, 6.07) is 0.559. The van der Waals surface area contributed by atoms with E-state index >= 15 is 0 Å². The highest BCUT2D eigenvalue weighted by molar-refractivity contribution is 5.78. The standard InChI is InChI=1S/C11H25N3O/c1-9(2)14(4)7-5-6-13-11(15)10(3)8-12/h9-10H,5-8,12H2,1-4H3,(H,13,15). The third-order valence-corrected chi connectivity index (χ3v) is 2.67. The van der Waals surface area contributed by atoms with Crippen molar-refractivity contribution < 1.29 is 4.79 Å². The number of carbonyl (C=O) groups excluding carboxylic acids is 1. The second kappa shape index (κ2) is 7.65. The summed E-state index contributed by atoms with van der Waals surface area (Å²) in [5.74, 6) is -0.0162. The minimum Gasteiger partial charge on any atom is -0.356 e. The van der Waals surface area contributed by atoms with Gasteiger partial charge in [0.05, 0.1) is 0 Å². The molecule has 0 saturated heterocycles. The maximum atomic E-state index is 11.3. The zero-order valence-corrected chi connectivity index (χ0v) is 10.4. The van der Waals surface area contributed by atoms with E-state index in [9.17, 15) is 4.79 Å². The molecule has 0 aromatic carbocycles. The molecular formula is C11H25N3O. The molecule has 0 rings (SSSR count). The van der Waals surface area contributed by atoms with Gasteiger partial charge in [-0.05, 0) is 33.9 Å². The molecule has 90 valence electrons. The first-order valence-corrected chi connectivity index (χ1v) is 5.67. The Labute approximate surface area is 93.2 Å². The van der Waals surface area contributed by atoms with Crippen molar-refractivity contribution in [2.45, 2.75) is 33.2 Å². The Kier molecular flexibility index (Phi) is 7.34. The van der Waals surface area contributed by atoms with Crippen molar-refractivity contribution >= 4 is 5.91 Å². The molecular weight excluding hydrogens is 190 g/mol. The topological polar surface area (TPSA) is 58.4 Å². The highest BCUT2D eigenvalue weighted by atomic mass is 16.1. The van der Waals surface area contributed by atoms with E-state index in [2.05, 4.69) is 31.1 Å². The molecule has 0 aliphatic rings. The van der Waals surface area contributed by atoms with E-state index in [4.69, 9.17) is 5.73 Å². The number of nitrogens with one attached hydrogen (secondary N) is 1. The molecule has 0 bridgehead atoms. The average molecular weight is 215 g/mol. The van der Waals surface area contributed by atoms with Crippen LogP contribution in [-0.4, -0.2) is 43.5 Å². The largest absolute Gasteiger partial charge is 0.356 e. The molecule has 4 heteroatoms. The smallest absolute Gasteiger partial charge is 0.224 e. The fourth-order valence-corrected chi connectivity index (χ4v) is 1.08. The highest BCUT2D eigenvalue weighted by Crippen LogP contribution is 1.95. The molecule has 0 aromatic rings. The van der Waals surface area contributed by atoms with Gasteiger partial charge in [0.25, 0.3) is 0 Å². The fraction of sp³-hybridized carbons (Fsp3) is 0.909. The second-order valence-electron chi connectivity index (χ2n) is 4.36. The Balaban J connectivity index is 3.50. The lowest BCUT2D eigenvalue weighted by Gasteiger charge is -2.20. The molecule has 4 nitrogen and oxygen atoms in total. The summed E-state index contributed by atoms with van der Waals surface area (Å²) < 4.78 is 0. The number of rotatable bonds is 7. The maximum absolute atomic E-state index is 11.3. The van der Waals surface area contributed by atoms with Gasteiger partial charge >= 0.3 is 0 Å². The molecule has 0 aliphatic carbocycles. The van der Waals surface area contributed by atoms with Crippen LogP contribution in [0.15, 0.2) is 0 Å². The van der Waals surface area contributed by atoms with Crippen molar-refractivity contribution in [3.8, 4) is 0 Å². The Morgan fingerprint density at radius 3 is 2.47 bits per heavy atom.